The van der Waals surface area contributed by atoms with Gasteiger partial charge in [-0.25, -0.2) is 0 Å². The van der Waals surface area contributed by atoms with Crippen LogP contribution in [0, 0.1) is 12.8 Å². The number of benzene rings is 1. The van der Waals surface area contributed by atoms with E-state index in [4.69, 9.17) is 10.5 Å². The molecular formula is C16H24BrNO. The highest BCUT2D eigenvalue weighted by molar-refractivity contribution is 9.10. The molecule has 1 aliphatic carbocycles. The lowest BCUT2D eigenvalue weighted by Crippen LogP contribution is -2.30. The quantitative estimate of drug-likeness (QED) is 0.880. The minimum Gasteiger partial charge on any atom is -0.490 e. The molecule has 2 N–H and O–H groups in total. The van der Waals surface area contributed by atoms with Gasteiger partial charge in [0, 0.05) is 16.6 Å². The zero-order chi connectivity index (χ0) is 13.8. The van der Waals surface area contributed by atoms with Crippen molar-refractivity contribution in [2.75, 3.05) is 0 Å². The van der Waals surface area contributed by atoms with Gasteiger partial charge in [-0.15, -0.1) is 0 Å². The van der Waals surface area contributed by atoms with Crippen LogP contribution in [0.15, 0.2) is 16.6 Å². The Balaban J connectivity index is 2.22. The molecule has 0 aliphatic heterocycles. The molecule has 1 aromatic rings. The Hall–Kier alpha value is -0.540. The third-order valence-electron chi connectivity index (χ3n) is 4.17. The molecule has 1 aliphatic rings. The summed E-state index contributed by atoms with van der Waals surface area (Å²) in [4.78, 5) is 0. The molecule has 2 atom stereocenters. The van der Waals surface area contributed by atoms with Crippen LogP contribution in [-0.4, -0.2) is 6.10 Å². The smallest absolute Gasteiger partial charge is 0.127 e. The van der Waals surface area contributed by atoms with Crippen molar-refractivity contribution in [3.8, 4) is 5.75 Å². The third kappa shape index (κ3) is 3.51. The summed E-state index contributed by atoms with van der Waals surface area (Å²) in [7, 11) is 0. The van der Waals surface area contributed by atoms with E-state index in [0.29, 0.717) is 18.6 Å². The van der Waals surface area contributed by atoms with E-state index in [-0.39, 0.29) is 0 Å². The van der Waals surface area contributed by atoms with E-state index in [1.165, 1.54) is 37.7 Å². The van der Waals surface area contributed by atoms with Crippen molar-refractivity contribution < 1.29 is 4.74 Å². The topological polar surface area (TPSA) is 35.2 Å². The van der Waals surface area contributed by atoms with Crippen molar-refractivity contribution >= 4 is 15.9 Å². The molecule has 0 aromatic heterocycles. The minimum absolute atomic E-state index is 0.365. The fraction of sp³-hybridized carbons (Fsp3) is 0.625. The first-order chi connectivity index (χ1) is 9.15. The van der Waals surface area contributed by atoms with E-state index in [1.54, 1.807) is 0 Å². The van der Waals surface area contributed by atoms with Gasteiger partial charge in [-0.05, 0) is 56.2 Å². The number of hydrogen-bond acceptors (Lipinski definition) is 2. The van der Waals surface area contributed by atoms with Crippen LogP contribution in [0.25, 0.3) is 0 Å². The van der Waals surface area contributed by atoms with Gasteiger partial charge in [0.15, 0.2) is 0 Å². The van der Waals surface area contributed by atoms with E-state index in [2.05, 4.69) is 41.9 Å². The average molecular weight is 326 g/mol. The monoisotopic (exact) mass is 325 g/mol. The lowest BCUT2D eigenvalue weighted by Gasteiger charge is -2.32. The number of aryl methyl sites for hydroxylation is 1. The molecule has 19 heavy (non-hydrogen) atoms. The van der Waals surface area contributed by atoms with Crippen LogP contribution in [0.5, 0.6) is 5.75 Å². The number of ether oxygens (including phenoxy) is 1. The number of halogens is 1. The van der Waals surface area contributed by atoms with Crippen LogP contribution in [0.4, 0.5) is 0 Å². The molecule has 3 heteroatoms. The van der Waals surface area contributed by atoms with Gasteiger partial charge in [0.05, 0.1) is 0 Å². The summed E-state index contributed by atoms with van der Waals surface area (Å²) < 4.78 is 7.44. The highest BCUT2D eigenvalue weighted by Gasteiger charge is 2.26. The Morgan fingerprint density at radius 3 is 2.74 bits per heavy atom. The number of nitrogens with two attached hydrogens (primary N) is 1. The summed E-state index contributed by atoms with van der Waals surface area (Å²) in [5.74, 6) is 1.71. The first kappa shape index (κ1) is 14.9. The molecule has 2 nitrogen and oxygen atoms in total. The summed E-state index contributed by atoms with van der Waals surface area (Å²) >= 11 is 3.53. The SMILES string of the molecule is CCC1CCCCC1Oc1c(C)cc(Br)cc1CN. The summed E-state index contributed by atoms with van der Waals surface area (Å²) in [6.07, 6.45) is 6.69. The Morgan fingerprint density at radius 1 is 1.32 bits per heavy atom. The van der Waals surface area contributed by atoms with Crippen molar-refractivity contribution in [1.82, 2.24) is 0 Å². The zero-order valence-corrected chi connectivity index (χ0v) is 13.5. The second-order valence-electron chi connectivity index (χ2n) is 5.52. The molecule has 1 aromatic carbocycles. The van der Waals surface area contributed by atoms with Crippen LogP contribution in [0.2, 0.25) is 0 Å². The maximum atomic E-state index is 6.37. The van der Waals surface area contributed by atoms with Crippen molar-refractivity contribution in [1.29, 1.82) is 0 Å². The Morgan fingerprint density at radius 2 is 2.05 bits per heavy atom. The van der Waals surface area contributed by atoms with E-state index < -0.39 is 0 Å². The Bertz CT molecular complexity index is 433. The maximum Gasteiger partial charge on any atom is 0.127 e. The summed E-state index contributed by atoms with van der Waals surface area (Å²) in [5.41, 5.74) is 8.14. The van der Waals surface area contributed by atoms with E-state index in [0.717, 1.165) is 15.8 Å². The molecule has 0 spiro atoms. The Labute approximate surface area is 124 Å². The van der Waals surface area contributed by atoms with Gasteiger partial charge in [-0.2, -0.15) is 0 Å². The molecule has 0 amide bonds. The van der Waals surface area contributed by atoms with Crippen molar-refractivity contribution in [3.63, 3.8) is 0 Å². The summed E-state index contributed by atoms with van der Waals surface area (Å²) in [6, 6.07) is 4.18. The molecule has 1 fully saturated rings. The first-order valence-corrected chi connectivity index (χ1v) is 8.10. The van der Waals surface area contributed by atoms with E-state index >= 15 is 0 Å². The zero-order valence-electron chi connectivity index (χ0n) is 11.9. The van der Waals surface area contributed by atoms with Crippen LogP contribution in [0.1, 0.15) is 50.2 Å². The molecule has 2 unspecified atom stereocenters. The first-order valence-electron chi connectivity index (χ1n) is 7.31. The van der Waals surface area contributed by atoms with Gasteiger partial charge in [0.1, 0.15) is 11.9 Å². The van der Waals surface area contributed by atoms with Crippen molar-refractivity contribution in [2.24, 2.45) is 11.7 Å². The predicted molar refractivity (Wildman–Crippen MR) is 83.4 cm³/mol. The fourth-order valence-corrected chi connectivity index (χ4v) is 3.69. The lowest BCUT2D eigenvalue weighted by atomic mass is 9.84. The predicted octanol–water partition coefficient (Wildman–Crippen LogP) is 4.56. The van der Waals surface area contributed by atoms with Crippen LogP contribution in [0.3, 0.4) is 0 Å². The minimum atomic E-state index is 0.365. The largest absolute Gasteiger partial charge is 0.490 e. The number of hydrogen-bond donors (Lipinski definition) is 1. The lowest BCUT2D eigenvalue weighted by molar-refractivity contribution is 0.0887. The van der Waals surface area contributed by atoms with Crippen molar-refractivity contribution in [3.05, 3.63) is 27.7 Å². The highest BCUT2D eigenvalue weighted by Crippen LogP contribution is 2.34. The molecule has 106 valence electrons. The van der Waals surface area contributed by atoms with Gasteiger partial charge in [-0.1, -0.05) is 29.3 Å². The fourth-order valence-electron chi connectivity index (χ4n) is 3.07. The van der Waals surface area contributed by atoms with E-state index in [9.17, 15) is 0 Å². The highest BCUT2D eigenvalue weighted by atomic mass is 79.9. The van der Waals surface area contributed by atoms with Crippen LogP contribution >= 0.6 is 15.9 Å². The molecule has 2 rings (SSSR count). The standard InChI is InChI=1S/C16H24BrNO/c1-3-12-6-4-5-7-15(12)19-16-11(2)8-14(17)9-13(16)10-18/h8-9,12,15H,3-7,10,18H2,1-2H3. The van der Waals surface area contributed by atoms with Gasteiger partial charge in [0.25, 0.3) is 0 Å². The third-order valence-corrected chi connectivity index (χ3v) is 4.63. The van der Waals surface area contributed by atoms with Crippen molar-refractivity contribution in [2.45, 2.75) is 58.6 Å². The Kier molecular flexibility index (Phi) is 5.28. The normalized spacial score (nSPS) is 23.4. The van der Waals surface area contributed by atoms with Gasteiger partial charge in [-0.3, -0.25) is 0 Å². The molecule has 1 saturated carbocycles. The molecule has 0 bridgehead atoms. The molecule has 0 saturated heterocycles. The summed E-state index contributed by atoms with van der Waals surface area (Å²) in [6.45, 7) is 4.90. The van der Waals surface area contributed by atoms with Gasteiger partial charge >= 0.3 is 0 Å². The molecule has 0 heterocycles. The second kappa shape index (κ2) is 6.76. The molecular weight excluding hydrogens is 302 g/mol. The number of rotatable bonds is 4. The maximum absolute atomic E-state index is 6.37. The van der Waals surface area contributed by atoms with Crippen LogP contribution in [-0.2, 0) is 6.54 Å². The van der Waals surface area contributed by atoms with Gasteiger partial charge in [0.2, 0.25) is 0 Å². The second-order valence-corrected chi connectivity index (χ2v) is 6.44. The molecule has 0 radical (unpaired) electrons. The summed E-state index contributed by atoms with van der Waals surface area (Å²) in [5, 5.41) is 0. The van der Waals surface area contributed by atoms with Crippen LogP contribution < -0.4 is 10.5 Å². The van der Waals surface area contributed by atoms with E-state index in [1.807, 2.05) is 0 Å². The average Bonchev–Trinajstić information content (AvgIpc) is 2.42. The van der Waals surface area contributed by atoms with Gasteiger partial charge < -0.3 is 10.5 Å².